The van der Waals surface area contributed by atoms with E-state index in [1.54, 1.807) is 6.07 Å². The van der Waals surface area contributed by atoms with Gasteiger partial charge >= 0.3 is 5.97 Å². The van der Waals surface area contributed by atoms with Crippen molar-refractivity contribution in [3.63, 3.8) is 0 Å². The molecule has 0 bridgehead atoms. The third-order valence-electron chi connectivity index (χ3n) is 2.88. The molecule has 0 saturated carbocycles. The summed E-state index contributed by atoms with van der Waals surface area (Å²) in [4.78, 5) is 11.7. The van der Waals surface area contributed by atoms with Crippen LogP contribution in [0.2, 0.25) is 0 Å². The Kier molecular flexibility index (Phi) is 6.93. The molecule has 0 atom stereocenters. The van der Waals surface area contributed by atoms with Crippen LogP contribution in [0.25, 0.3) is 0 Å². The lowest BCUT2D eigenvalue weighted by Gasteiger charge is -2.06. The Hall–Kier alpha value is -1.58. The van der Waals surface area contributed by atoms with Crippen molar-refractivity contribution in [2.24, 2.45) is 0 Å². The van der Waals surface area contributed by atoms with Gasteiger partial charge in [-0.1, -0.05) is 32.6 Å². The van der Waals surface area contributed by atoms with Crippen molar-refractivity contribution in [1.82, 2.24) is 0 Å². The minimum absolute atomic E-state index is 0.0469. The molecule has 0 amide bonds. The summed E-state index contributed by atoms with van der Waals surface area (Å²) in [5.41, 5.74) is -0.0469. The van der Waals surface area contributed by atoms with Gasteiger partial charge in [0, 0.05) is 6.07 Å². The quantitative estimate of drug-likeness (QED) is 0.529. The standard InChI is InChI=1S/C15H21FO3/c1-3-4-5-6-7-10-19-15(17)13-9-8-12(18-2)11-14(13)16/h8-9,11H,3-7,10H2,1-2H3. The first-order chi connectivity index (χ1) is 9.19. The lowest BCUT2D eigenvalue weighted by molar-refractivity contribution is 0.0492. The van der Waals surface area contributed by atoms with Crippen LogP contribution in [0.4, 0.5) is 4.39 Å². The molecule has 0 N–H and O–H groups in total. The molecule has 0 fully saturated rings. The van der Waals surface area contributed by atoms with Gasteiger partial charge in [0.2, 0.25) is 0 Å². The highest BCUT2D eigenvalue weighted by Gasteiger charge is 2.13. The van der Waals surface area contributed by atoms with E-state index in [0.29, 0.717) is 12.4 Å². The summed E-state index contributed by atoms with van der Waals surface area (Å²) in [6.07, 6.45) is 5.37. The van der Waals surface area contributed by atoms with Crippen LogP contribution in [0.1, 0.15) is 49.4 Å². The number of rotatable bonds is 8. The summed E-state index contributed by atoms with van der Waals surface area (Å²) in [7, 11) is 1.45. The molecule has 3 nitrogen and oxygen atoms in total. The Morgan fingerprint density at radius 2 is 1.95 bits per heavy atom. The summed E-state index contributed by atoms with van der Waals surface area (Å²) in [6, 6.07) is 4.10. The van der Waals surface area contributed by atoms with Gasteiger partial charge in [-0.2, -0.15) is 0 Å². The zero-order valence-electron chi connectivity index (χ0n) is 11.6. The second kappa shape index (κ2) is 8.51. The highest BCUT2D eigenvalue weighted by atomic mass is 19.1. The van der Waals surface area contributed by atoms with Gasteiger partial charge in [0.05, 0.1) is 19.3 Å². The molecule has 0 unspecified atom stereocenters. The Balaban J connectivity index is 2.37. The summed E-state index contributed by atoms with van der Waals surface area (Å²) < 4.78 is 23.5. The molecule has 0 spiro atoms. The molecule has 1 aromatic rings. The van der Waals surface area contributed by atoms with Gasteiger partial charge in [0.25, 0.3) is 0 Å². The Labute approximate surface area is 113 Å². The van der Waals surface area contributed by atoms with E-state index in [2.05, 4.69) is 6.92 Å². The second-order valence-electron chi connectivity index (χ2n) is 4.40. The van der Waals surface area contributed by atoms with Crippen molar-refractivity contribution in [1.29, 1.82) is 0 Å². The molecule has 1 aromatic carbocycles. The van der Waals surface area contributed by atoms with Crippen molar-refractivity contribution in [2.75, 3.05) is 13.7 Å². The number of benzene rings is 1. The van der Waals surface area contributed by atoms with Crippen LogP contribution in [0.3, 0.4) is 0 Å². The van der Waals surface area contributed by atoms with Crippen molar-refractivity contribution in [2.45, 2.75) is 39.0 Å². The minimum Gasteiger partial charge on any atom is -0.497 e. The SMILES string of the molecule is CCCCCCCOC(=O)c1ccc(OC)cc1F. The van der Waals surface area contributed by atoms with Crippen LogP contribution in [-0.2, 0) is 4.74 Å². The number of hydrogen-bond donors (Lipinski definition) is 0. The highest BCUT2D eigenvalue weighted by molar-refractivity contribution is 5.89. The topological polar surface area (TPSA) is 35.5 Å². The lowest BCUT2D eigenvalue weighted by Crippen LogP contribution is -2.08. The smallest absolute Gasteiger partial charge is 0.341 e. The van der Waals surface area contributed by atoms with E-state index in [0.717, 1.165) is 19.3 Å². The Bertz CT molecular complexity index is 404. The monoisotopic (exact) mass is 268 g/mol. The summed E-state index contributed by atoms with van der Waals surface area (Å²) in [5.74, 6) is -0.848. The maximum atomic E-state index is 13.6. The number of carbonyl (C=O) groups is 1. The van der Waals surface area contributed by atoms with E-state index in [-0.39, 0.29) is 5.56 Å². The first-order valence-electron chi connectivity index (χ1n) is 6.69. The fourth-order valence-corrected chi connectivity index (χ4v) is 1.74. The molecule has 1 rings (SSSR count). The summed E-state index contributed by atoms with van der Waals surface area (Å²) in [6.45, 7) is 2.49. The van der Waals surface area contributed by atoms with Gasteiger partial charge in [-0.05, 0) is 18.6 Å². The molecule has 0 aliphatic rings. The number of carbonyl (C=O) groups excluding carboxylic acids is 1. The van der Waals surface area contributed by atoms with Crippen LogP contribution in [0.15, 0.2) is 18.2 Å². The minimum atomic E-state index is -0.615. The van der Waals surface area contributed by atoms with E-state index in [9.17, 15) is 9.18 Å². The average molecular weight is 268 g/mol. The molecule has 0 radical (unpaired) electrons. The lowest BCUT2D eigenvalue weighted by atomic mass is 10.2. The van der Waals surface area contributed by atoms with E-state index in [1.807, 2.05) is 0 Å². The normalized spacial score (nSPS) is 10.3. The molecule has 4 heteroatoms. The summed E-state index contributed by atoms with van der Waals surface area (Å²) >= 11 is 0. The van der Waals surface area contributed by atoms with Gasteiger partial charge in [0.15, 0.2) is 0 Å². The van der Waals surface area contributed by atoms with Gasteiger partial charge in [0.1, 0.15) is 11.6 Å². The van der Waals surface area contributed by atoms with Crippen LogP contribution in [0, 0.1) is 5.82 Å². The molecule has 0 aliphatic heterocycles. The highest BCUT2D eigenvalue weighted by Crippen LogP contribution is 2.17. The second-order valence-corrected chi connectivity index (χ2v) is 4.40. The molecule has 0 aromatic heterocycles. The predicted octanol–water partition coefficient (Wildman–Crippen LogP) is 3.96. The molecule has 0 heterocycles. The first kappa shape index (κ1) is 15.5. The third-order valence-corrected chi connectivity index (χ3v) is 2.88. The maximum Gasteiger partial charge on any atom is 0.341 e. The van der Waals surface area contributed by atoms with Crippen LogP contribution < -0.4 is 4.74 Å². The van der Waals surface area contributed by atoms with E-state index < -0.39 is 11.8 Å². The zero-order chi connectivity index (χ0) is 14.1. The third kappa shape index (κ3) is 5.28. The fraction of sp³-hybridized carbons (Fsp3) is 0.533. The van der Waals surface area contributed by atoms with Gasteiger partial charge in [-0.15, -0.1) is 0 Å². The maximum absolute atomic E-state index is 13.6. The molecular weight excluding hydrogens is 247 g/mol. The van der Waals surface area contributed by atoms with Gasteiger partial charge in [-0.25, -0.2) is 9.18 Å². The van der Waals surface area contributed by atoms with Crippen molar-refractivity contribution < 1.29 is 18.7 Å². The van der Waals surface area contributed by atoms with Crippen LogP contribution in [0.5, 0.6) is 5.75 Å². The molecule has 0 aliphatic carbocycles. The molecule has 0 saturated heterocycles. The van der Waals surface area contributed by atoms with Crippen LogP contribution >= 0.6 is 0 Å². The molecule has 19 heavy (non-hydrogen) atoms. The van der Waals surface area contributed by atoms with Gasteiger partial charge < -0.3 is 9.47 Å². The Morgan fingerprint density at radius 1 is 1.21 bits per heavy atom. The van der Waals surface area contributed by atoms with E-state index in [1.165, 1.54) is 32.1 Å². The number of ether oxygens (including phenoxy) is 2. The van der Waals surface area contributed by atoms with Crippen molar-refractivity contribution >= 4 is 5.97 Å². The number of methoxy groups -OCH3 is 1. The molecular formula is C15H21FO3. The van der Waals surface area contributed by atoms with Crippen molar-refractivity contribution in [3.8, 4) is 5.75 Å². The Morgan fingerprint density at radius 3 is 2.58 bits per heavy atom. The van der Waals surface area contributed by atoms with E-state index >= 15 is 0 Å². The summed E-state index contributed by atoms with van der Waals surface area (Å²) in [5, 5.41) is 0. The van der Waals surface area contributed by atoms with Crippen LogP contribution in [-0.4, -0.2) is 19.7 Å². The van der Waals surface area contributed by atoms with E-state index in [4.69, 9.17) is 9.47 Å². The van der Waals surface area contributed by atoms with Gasteiger partial charge in [-0.3, -0.25) is 0 Å². The van der Waals surface area contributed by atoms with Crippen molar-refractivity contribution in [3.05, 3.63) is 29.6 Å². The molecule has 106 valence electrons. The number of unbranched alkanes of at least 4 members (excludes halogenated alkanes) is 4. The predicted molar refractivity (Wildman–Crippen MR) is 72.0 cm³/mol. The number of esters is 1. The fourth-order valence-electron chi connectivity index (χ4n) is 1.74. The number of halogens is 1. The average Bonchev–Trinajstić information content (AvgIpc) is 2.42. The largest absolute Gasteiger partial charge is 0.497 e. The zero-order valence-corrected chi connectivity index (χ0v) is 11.6. The first-order valence-corrected chi connectivity index (χ1v) is 6.69. The number of hydrogen-bond acceptors (Lipinski definition) is 3.